The second-order valence-electron chi connectivity index (χ2n) is 6.35. The van der Waals surface area contributed by atoms with Crippen LogP contribution in [0.15, 0.2) is 0 Å². The summed E-state index contributed by atoms with van der Waals surface area (Å²) in [5.74, 6) is -0.190. The van der Waals surface area contributed by atoms with Gasteiger partial charge in [-0.3, -0.25) is 14.5 Å². The van der Waals surface area contributed by atoms with Crippen molar-refractivity contribution in [2.75, 3.05) is 26.2 Å². The van der Waals surface area contributed by atoms with Crippen molar-refractivity contribution in [2.24, 2.45) is 11.1 Å². The summed E-state index contributed by atoms with van der Waals surface area (Å²) < 4.78 is 0. The molecule has 0 aromatic heterocycles. The molecule has 22 heavy (non-hydrogen) atoms. The lowest BCUT2D eigenvalue weighted by atomic mass is 9.71. The van der Waals surface area contributed by atoms with E-state index in [1.165, 1.54) is 11.3 Å². The van der Waals surface area contributed by atoms with Crippen molar-refractivity contribution < 1.29 is 14.4 Å². The Balaban J connectivity index is 1.67. The maximum Gasteiger partial charge on any atom is 0.324 e. The molecule has 1 saturated carbocycles. The maximum absolute atomic E-state index is 12.1. The summed E-state index contributed by atoms with van der Waals surface area (Å²) in [5, 5.41) is 5.35. The Morgan fingerprint density at radius 1 is 1.27 bits per heavy atom. The molecule has 0 aromatic rings. The Kier molecular flexibility index (Phi) is 5.76. The number of urea groups is 1. The zero-order chi connectivity index (χ0) is 16.0. The van der Waals surface area contributed by atoms with Crippen LogP contribution in [0.1, 0.15) is 44.9 Å². The number of hydrogen-bond acceptors (Lipinski definition) is 4. The summed E-state index contributed by atoms with van der Waals surface area (Å²) >= 11 is 0. The van der Waals surface area contributed by atoms with E-state index >= 15 is 0 Å². The monoisotopic (exact) mass is 310 g/mol. The van der Waals surface area contributed by atoms with Crippen LogP contribution in [0.2, 0.25) is 0 Å². The topological polar surface area (TPSA) is 105 Å². The Morgan fingerprint density at radius 3 is 2.59 bits per heavy atom. The van der Waals surface area contributed by atoms with Gasteiger partial charge in [-0.2, -0.15) is 0 Å². The number of amides is 4. The molecule has 2 aliphatic rings. The van der Waals surface area contributed by atoms with E-state index in [1.54, 1.807) is 0 Å². The minimum absolute atomic E-state index is 0.0181. The van der Waals surface area contributed by atoms with Gasteiger partial charge in [0.05, 0.1) is 6.54 Å². The molecular formula is C15H26N4O3. The lowest BCUT2D eigenvalue weighted by Gasteiger charge is -2.35. The summed E-state index contributed by atoms with van der Waals surface area (Å²) in [6.45, 7) is 1.44. The molecule has 0 unspecified atom stereocenters. The van der Waals surface area contributed by atoms with E-state index in [9.17, 15) is 14.4 Å². The van der Waals surface area contributed by atoms with Gasteiger partial charge in [0.2, 0.25) is 11.8 Å². The predicted octanol–water partition coefficient (Wildman–Crippen LogP) is 0.344. The molecule has 0 atom stereocenters. The minimum Gasteiger partial charge on any atom is -0.356 e. The highest BCUT2D eigenvalue weighted by Crippen LogP contribution is 2.38. The SMILES string of the molecule is NCC1(CC(=O)NCCCN2C(=O)CNC2=O)CCCCC1. The third kappa shape index (κ3) is 4.19. The average Bonchev–Trinajstić information content (AvgIpc) is 2.84. The van der Waals surface area contributed by atoms with E-state index in [0.717, 1.165) is 25.7 Å². The number of imide groups is 1. The van der Waals surface area contributed by atoms with Crippen LogP contribution in [0.25, 0.3) is 0 Å². The largest absolute Gasteiger partial charge is 0.356 e. The first-order chi connectivity index (χ1) is 10.6. The van der Waals surface area contributed by atoms with Crippen molar-refractivity contribution in [3.8, 4) is 0 Å². The molecule has 0 radical (unpaired) electrons. The summed E-state index contributed by atoms with van der Waals surface area (Å²) in [4.78, 5) is 36.0. The van der Waals surface area contributed by atoms with Crippen LogP contribution in [0, 0.1) is 5.41 Å². The van der Waals surface area contributed by atoms with E-state index in [4.69, 9.17) is 5.73 Å². The molecule has 4 N–H and O–H groups in total. The van der Waals surface area contributed by atoms with E-state index in [-0.39, 0.29) is 29.8 Å². The molecule has 2 fully saturated rings. The van der Waals surface area contributed by atoms with E-state index in [2.05, 4.69) is 10.6 Å². The van der Waals surface area contributed by atoms with Crippen LogP contribution in [-0.4, -0.2) is 48.9 Å². The summed E-state index contributed by atoms with van der Waals surface area (Å²) in [5.41, 5.74) is 5.85. The summed E-state index contributed by atoms with van der Waals surface area (Å²) in [6, 6.07) is -0.347. The molecule has 7 nitrogen and oxygen atoms in total. The Hall–Kier alpha value is -1.63. The fourth-order valence-corrected chi connectivity index (χ4v) is 3.30. The molecular weight excluding hydrogens is 284 g/mol. The van der Waals surface area contributed by atoms with Gasteiger partial charge in [0.1, 0.15) is 0 Å². The van der Waals surface area contributed by atoms with Crippen molar-refractivity contribution in [3.63, 3.8) is 0 Å². The van der Waals surface area contributed by atoms with Gasteiger partial charge >= 0.3 is 6.03 Å². The van der Waals surface area contributed by atoms with E-state index < -0.39 is 0 Å². The molecule has 2 rings (SSSR count). The first kappa shape index (κ1) is 16.7. The molecule has 0 aromatic carbocycles. The first-order valence-corrected chi connectivity index (χ1v) is 8.11. The van der Waals surface area contributed by atoms with Crippen LogP contribution in [0.3, 0.4) is 0 Å². The lowest BCUT2D eigenvalue weighted by molar-refractivity contribution is -0.125. The number of carbonyl (C=O) groups is 3. The van der Waals surface area contributed by atoms with Gasteiger partial charge in [-0.05, 0) is 31.2 Å². The highest BCUT2D eigenvalue weighted by molar-refractivity contribution is 6.01. The van der Waals surface area contributed by atoms with Gasteiger partial charge in [0.15, 0.2) is 0 Å². The smallest absolute Gasteiger partial charge is 0.324 e. The zero-order valence-electron chi connectivity index (χ0n) is 13.0. The number of rotatable bonds is 7. The van der Waals surface area contributed by atoms with Gasteiger partial charge in [-0.25, -0.2) is 4.79 Å². The Morgan fingerprint density at radius 2 is 2.00 bits per heavy atom. The van der Waals surface area contributed by atoms with Gasteiger partial charge in [-0.1, -0.05) is 19.3 Å². The van der Waals surface area contributed by atoms with Gasteiger partial charge in [0.25, 0.3) is 0 Å². The minimum atomic E-state index is -0.347. The number of nitrogens with two attached hydrogens (primary N) is 1. The lowest BCUT2D eigenvalue weighted by Crippen LogP contribution is -2.39. The Bertz CT molecular complexity index is 417. The average molecular weight is 310 g/mol. The third-order valence-electron chi connectivity index (χ3n) is 4.70. The van der Waals surface area contributed by atoms with E-state index in [0.29, 0.717) is 32.5 Å². The third-order valence-corrected chi connectivity index (χ3v) is 4.70. The normalized spacial score (nSPS) is 20.9. The van der Waals surface area contributed by atoms with Crippen LogP contribution in [0.4, 0.5) is 4.79 Å². The number of carbonyl (C=O) groups excluding carboxylic acids is 3. The maximum atomic E-state index is 12.1. The standard InChI is InChI=1S/C15H26N4O3/c16-11-15(5-2-1-3-6-15)9-12(20)17-7-4-8-19-13(21)10-18-14(19)22/h1-11,16H2,(H,17,20)(H,18,22). The predicted molar refractivity (Wildman–Crippen MR) is 81.9 cm³/mol. The summed E-state index contributed by atoms with van der Waals surface area (Å²) in [6.07, 6.45) is 6.63. The number of nitrogens with zero attached hydrogens (tertiary/aromatic N) is 1. The van der Waals surface area contributed by atoms with Gasteiger partial charge < -0.3 is 16.4 Å². The molecule has 124 valence electrons. The van der Waals surface area contributed by atoms with Crippen molar-refractivity contribution in [3.05, 3.63) is 0 Å². The molecule has 0 bridgehead atoms. The van der Waals surface area contributed by atoms with Crippen LogP contribution < -0.4 is 16.4 Å². The van der Waals surface area contributed by atoms with Crippen LogP contribution in [0.5, 0.6) is 0 Å². The van der Waals surface area contributed by atoms with Crippen LogP contribution in [-0.2, 0) is 9.59 Å². The van der Waals surface area contributed by atoms with E-state index in [1.807, 2.05) is 0 Å². The van der Waals surface area contributed by atoms with Crippen LogP contribution >= 0.6 is 0 Å². The quantitative estimate of drug-likeness (QED) is 0.466. The molecule has 1 saturated heterocycles. The number of nitrogens with one attached hydrogen (secondary N) is 2. The highest BCUT2D eigenvalue weighted by atomic mass is 16.2. The highest BCUT2D eigenvalue weighted by Gasteiger charge is 2.33. The summed E-state index contributed by atoms with van der Waals surface area (Å²) in [7, 11) is 0. The van der Waals surface area contributed by atoms with Gasteiger partial charge in [0, 0.05) is 19.5 Å². The molecule has 0 spiro atoms. The second kappa shape index (κ2) is 7.58. The molecule has 1 aliphatic carbocycles. The van der Waals surface area contributed by atoms with Crippen molar-refractivity contribution in [1.29, 1.82) is 0 Å². The van der Waals surface area contributed by atoms with Crippen molar-refractivity contribution in [2.45, 2.75) is 44.9 Å². The first-order valence-electron chi connectivity index (χ1n) is 8.11. The van der Waals surface area contributed by atoms with Crippen molar-refractivity contribution >= 4 is 17.8 Å². The Labute approximate surface area is 131 Å². The number of hydrogen-bond donors (Lipinski definition) is 3. The zero-order valence-corrected chi connectivity index (χ0v) is 13.0. The van der Waals surface area contributed by atoms with Gasteiger partial charge in [-0.15, -0.1) is 0 Å². The second-order valence-corrected chi connectivity index (χ2v) is 6.35. The molecule has 7 heteroatoms. The molecule has 1 aliphatic heterocycles. The fraction of sp³-hybridized carbons (Fsp3) is 0.800. The fourth-order valence-electron chi connectivity index (χ4n) is 3.30. The molecule has 1 heterocycles. The van der Waals surface area contributed by atoms with Crippen molar-refractivity contribution in [1.82, 2.24) is 15.5 Å². The molecule has 4 amide bonds.